The van der Waals surface area contributed by atoms with Crippen LogP contribution in [0.15, 0.2) is 28.2 Å². The predicted molar refractivity (Wildman–Crippen MR) is 80.7 cm³/mol. The average molecular weight is 302 g/mol. The van der Waals surface area contributed by atoms with Crippen LogP contribution in [0.3, 0.4) is 0 Å². The Bertz CT molecular complexity index is 792. The first kappa shape index (κ1) is 13.6. The molecule has 0 amide bonds. The molecule has 0 radical (unpaired) electrons. The molecule has 5 nitrogen and oxygen atoms in total. The third-order valence-electron chi connectivity index (χ3n) is 3.22. The van der Waals surface area contributed by atoms with Crippen molar-refractivity contribution >= 4 is 11.3 Å². The standard InChI is InChI=1S/C15H14N2O3S/c1-8-4-10(13(18)5-14(8)19-3)15-11(6-16-20-15)12-7-21-9(2)17-12/h4-7,18H,1-3H3. The third kappa shape index (κ3) is 2.38. The Morgan fingerprint density at radius 2 is 2.05 bits per heavy atom. The highest BCUT2D eigenvalue weighted by Crippen LogP contribution is 2.39. The minimum atomic E-state index is 0.0856. The van der Waals surface area contributed by atoms with Crippen LogP contribution in [0.2, 0.25) is 0 Å². The first-order valence-electron chi connectivity index (χ1n) is 6.35. The van der Waals surface area contributed by atoms with E-state index in [0.717, 1.165) is 21.8 Å². The Morgan fingerprint density at radius 3 is 2.71 bits per heavy atom. The van der Waals surface area contributed by atoms with Crippen molar-refractivity contribution in [1.82, 2.24) is 10.1 Å². The molecule has 6 heteroatoms. The topological polar surface area (TPSA) is 68.4 Å². The number of aromatic nitrogens is 2. The quantitative estimate of drug-likeness (QED) is 0.797. The summed E-state index contributed by atoms with van der Waals surface area (Å²) in [6.07, 6.45) is 1.61. The Hall–Kier alpha value is -2.34. The molecule has 0 aliphatic heterocycles. The number of hydrogen-bond acceptors (Lipinski definition) is 6. The van der Waals surface area contributed by atoms with Gasteiger partial charge in [0.25, 0.3) is 0 Å². The zero-order chi connectivity index (χ0) is 15.0. The summed E-state index contributed by atoms with van der Waals surface area (Å²) >= 11 is 1.56. The van der Waals surface area contributed by atoms with Gasteiger partial charge in [0.05, 0.1) is 35.1 Å². The second-order valence-electron chi connectivity index (χ2n) is 4.66. The maximum Gasteiger partial charge on any atom is 0.179 e. The highest BCUT2D eigenvalue weighted by atomic mass is 32.1. The van der Waals surface area contributed by atoms with Gasteiger partial charge in [-0.3, -0.25) is 0 Å². The molecule has 0 aliphatic carbocycles. The highest BCUT2D eigenvalue weighted by Gasteiger charge is 2.19. The number of ether oxygens (including phenoxy) is 1. The molecular weight excluding hydrogens is 288 g/mol. The molecule has 0 aliphatic rings. The van der Waals surface area contributed by atoms with Crippen molar-refractivity contribution < 1.29 is 14.4 Å². The molecule has 0 saturated heterocycles. The van der Waals surface area contributed by atoms with Crippen LogP contribution in [0.1, 0.15) is 10.6 Å². The van der Waals surface area contributed by atoms with Crippen molar-refractivity contribution in [1.29, 1.82) is 0 Å². The second kappa shape index (κ2) is 5.21. The number of phenols is 1. The van der Waals surface area contributed by atoms with E-state index in [-0.39, 0.29) is 5.75 Å². The van der Waals surface area contributed by atoms with Crippen molar-refractivity contribution in [2.24, 2.45) is 0 Å². The predicted octanol–water partition coefficient (Wildman–Crippen LogP) is 3.80. The Morgan fingerprint density at radius 1 is 1.24 bits per heavy atom. The fraction of sp³-hybridized carbons (Fsp3) is 0.200. The molecule has 1 aromatic carbocycles. The number of rotatable bonds is 3. The number of thiazole rings is 1. The zero-order valence-corrected chi connectivity index (χ0v) is 12.7. The fourth-order valence-corrected chi connectivity index (χ4v) is 2.80. The van der Waals surface area contributed by atoms with Gasteiger partial charge in [-0.05, 0) is 25.5 Å². The summed E-state index contributed by atoms with van der Waals surface area (Å²) < 4.78 is 10.5. The summed E-state index contributed by atoms with van der Waals surface area (Å²) in [5, 5.41) is 17.0. The van der Waals surface area contributed by atoms with E-state index in [1.807, 2.05) is 25.3 Å². The summed E-state index contributed by atoms with van der Waals surface area (Å²) in [6, 6.07) is 3.39. The molecule has 2 heterocycles. The average Bonchev–Trinajstić information content (AvgIpc) is 3.09. The molecule has 0 spiro atoms. The second-order valence-corrected chi connectivity index (χ2v) is 5.72. The normalized spacial score (nSPS) is 10.8. The third-order valence-corrected chi connectivity index (χ3v) is 4.00. The number of benzene rings is 1. The molecule has 0 bridgehead atoms. The van der Waals surface area contributed by atoms with Crippen LogP contribution in [-0.2, 0) is 0 Å². The maximum atomic E-state index is 10.2. The van der Waals surface area contributed by atoms with Crippen molar-refractivity contribution in [3.05, 3.63) is 34.3 Å². The molecule has 108 valence electrons. The van der Waals surface area contributed by atoms with Gasteiger partial charge in [0.15, 0.2) is 5.76 Å². The van der Waals surface area contributed by atoms with Gasteiger partial charge in [0.2, 0.25) is 0 Å². The Kier molecular flexibility index (Phi) is 3.39. The molecule has 0 unspecified atom stereocenters. The van der Waals surface area contributed by atoms with Crippen LogP contribution in [0.25, 0.3) is 22.6 Å². The van der Waals surface area contributed by atoms with Gasteiger partial charge < -0.3 is 14.4 Å². The molecule has 3 aromatic rings. The number of aryl methyl sites for hydroxylation is 2. The van der Waals surface area contributed by atoms with E-state index in [4.69, 9.17) is 9.26 Å². The first-order chi connectivity index (χ1) is 10.1. The Balaban J connectivity index is 2.14. The van der Waals surface area contributed by atoms with Crippen molar-refractivity contribution in [3.63, 3.8) is 0 Å². The van der Waals surface area contributed by atoms with Gasteiger partial charge in [-0.2, -0.15) is 0 Å². The van der Waals surface area contributed by atoms with Gasteiger partial charge in [0.1, 0.15) is 11.5 Å². The van der Waals surface area contributed by atoms with Crippen LogP contribution in [-0.4, -0.2) is 22.4 Å². The van der Waals surface area contributed by atoms with Crippen LogP contribution in [0.4, 0.5) is 0 Å². The van der Waals surface area contributed by atoms with Crippen molar-refractivity contribution in [3.8, 4) is 34.1 Å². The van der Waals surface area contributed by atoms with Crippen molar-refractivity contribution in [2.45, 2.75) is 13.8 Å². The summed E-state index contributed by atoms with van der Waals surface area (Å²) in [4.78, 5) is 4.44. The molecule has 3 rings (SSSR count). The smallest absolute Gasteiger partial charge is 0.179 e. The summed E-state index contributed by atoms with van der Waals surface area (Å²) in [5.41, 5.74) is 3.04. The number of aromatic hydroxyl groups is 1. The van der Waals surface area contributed by atoms with Gasteiger partial charge >= 0.3 is 0 Å². The SMILES string of the molecule is COc1cc(O)c(-c2oncc2-c2csc(C)n2)cc1C. The molecule has 21 heavy (non-hydrogen) atoms. The van der Waals surface area contributed by atoms with Crippen LogP contribution in [0.5, 0.6) is 11.5 Å². The molecule has 0 atom stereocenters. The highest BCUT2D eigenvalue weighted by molar-refractivity contribution is 7.09. The lowest BCUT2D eigenvalue weighted by Gasteiger charge is -2.09. The fourth-order valence-electron chi connectivity index (χ4n) is 2.18. The van der Waals surface area contributed by atoms with Gasteiger partial charge in [-0.25, -0.2) is 4.98 Å². The largest absolute Gasteiger partial charge is 0.507 e. The van der Waals surface area contributed by atoms with E-state index in [1.165, 1.54) is 0 Å². The van der Waals surface area contributed by atoms with Crippen LogP contribution >= 0.6 is 11.3 Å². The van der Waals surface area contributed by atoms with E-state index in [2.05, 4.69) is 10.1 Å². The number of hydrogen-bond donors (Lipinski definition) is 1. The maximum absolute atomic E-state index is 10.2. The minimum Gasteiger partial charge on any atom is -0.507 e. The summed E-state index contributed by atoms with van der Waals surface area (Å²) in [5.74, 6) is 1.22. The lowest BCUT2D eigenvalue weighted by Crippen LogP contribution is -1.89. The lowest BCUT2D eigenvalue weighted by atomic mass is 10.0. The van der Waals surface area contributed by atoms with E-state index < -0.39 is 0 Å². The molecule has 2 aromatic heterocycles. The molecule has 0 fully saturated rings. The Labute approximate surface area is 125 Å². The summed E-state index contributed by atoms with van der Waals surface area (Å²) in [6.45, 7) is 3.85. The van der Waals surface area contributed by atoms with Gasteiger partial charge in [-0.15, -0.1) is 11.3 Å². The van der Waals surface area contributed by atoms with Crippen molar-refractivity contribution in [2.75, 3.05) is 7.11 Å². The molecule has 0 saturated carbocycles. The lowest BCUT2D eigenvalue weighted by molar-refractivity contribution is 0.403. The monoisotopic (exact) mass is 302 g/mol. The van der Waals surface area contributed by atoms with Gasteiger partial charge in [-0.1, -0.05) is 5.16 Å². The molecular formula is C15H14N2O3S. The molecule has 1 N–H and O–H groups in total. The zero-order valence-electron chi connectivity index (χ0n) is 11.9. The van der Waals surface area contributed by atoms with E-state index in [1.54, 1.807) is 30.7 Å². The number of methoxy groups -OCH3 is 1. The number of nitrogens with zero attached hydrogens (tertiary/aromatic N) is 2. The van der Waals surface area contributed by atoms with E-state index in [0.29, 0.717) is 17.1 Å². The minimum absolute atomic E-state index is 0.0856. The van der Waals surface area contributed by atoms with E-state index >= 15 is 0 Å². The van der Waals surface area contributed by atoms with E-state index in [9.17, 15) is 5.11 Å². The van der Waals surface area contributed by atoms with Crippen LogP contribution in [0, 0.1) is 13.8 Å². The van der Waals surface area contributed by atoms with Gasteiger partial charge in [0, 0.05) is 11.4 Å². The van der Waals surface area contributed by atoms with Crippen LogP contribution < -0.4 is 4.74 Å². The first-order valence-corrected chi connectivity index (χ1v) is 7.23. The number of phenolic OH excluding ortho intramolecular Hbond substituents is 1. The summed E-state index contributed by atoms with van der Waals surface area (Å²) in [7, 11) is 1.57.